The second-order valence-electron chi connectivity index (χ2n) is 5.82. The third-order valence-corrected chi connectivity index (χ3v) is 3.89. The van der Waals surface area contributed by atoms with Crippen molar-refractivity contribution in [3.8, 4) is 17.9 Å². The van der Waals surface area contributed by atoms with Gasteiger partial charge in [0.2, 0.25) is 6.10 Å². The highest BCUT2D eigenvalue weighted by Gasteiger charge is 2.44. The van der Waals surface area contributed by atoms with E-state index in [1.54, 1.807) is 0 Å². The summed E-state index contributed by atoms with van der Waals surface area (Å²) in [6.45, 7) is 0. The first-order valence-corrected chi connectivity index (χ1v) is 7.32. The Labute approximate surface area is 128 Å². The molecule has 0 spiro atoms. The normalized spacial score (nSPS) is 16.7. The van der Waals surface area contributed by atoms with E-state index in [2.05, 4.69) is 0 Å². The molecule has 0 saturated heterocycles. The summed E-state index contributed by atoms with van der Waals surface area (Å²) in [5.41, 5.74) is 0.538. The molecular formula is C17H14N2O3. The molecule has 0 aliphatic heterocycles. The number of nitrogens with zero attached hydrogens (tertiary/aromatic N) is 2. The Hall–Kier alpha value is -2.66. The summed E-state index contributed by atoms with van der Waals surface area (Å²) in [6.07, 6.45) is 2.12. The van der Waals surface area contributed by atoms with Gasteiger partial charge in [-0.05, 0) is 43.9 Å². The molecule has 0 aromatic heterocycles. The minimum Gasteiger partial charge on any atom is -0.475 e. The van der Waals surface area contributed by atoms with Gasteiger partial charge in [-0.1, -0.05) is 0 Å². The number of ether oxygens (including phenoxy) is 1. The number of Topliss-reactive ketones (excluding diaryl/α,β-unsaturated/α-hetero) is 2. The molecule has 3 rings (SSSR count). The third-order valence-electron chi connectivity index (χ3n) is 3.89. The lowest BCUT2D eigenvalue weighted by molar-refractivity contribution is -0.138. The molecule has 110 valence electrons. The number of nitriles is 2. The van der Waals surface area contributed by atoms with Crippen LogP contribution in [0.5, 0.6) is 5.75 Å². The van der Waals surface area contributed by atoms with Crippen LogP contribution in [0.4, 0.5) is 0 Å². The smallest absolute Gasteiger partial charge is 0.215 e. The molecule has 0 heterocycles. The lowest BCUT2D eigenvalue weighted by Crippen LogP contribution is -2.38. The minimum absolute atomic E-state index is 0.0812. The van der Waals surface area contributed by atoms with Crippen molar-refractivity contribution in [2.24, 2.45) is 11.8 Å². The maximum absolute atomic E-state index is 12.3. The Morgan fingerprint density at radius 1 is 0.955 bits per heavy atom. The van der Waals surface area contributed by atoms with Crippen LogP contribution >= 0.6 is 0 Å². The van der Waals surface area contributed by atoms with Crippen LogP contribution in [-0.4, -0.2) is 17.7 Å². The Kier molecular flexibility index (Phi) is 3.65. The number of carbonyl (C=O) groups is 2. The molecule has 0 atom stereocenters. The Morgan fingerprint density at radius 3 is 1.77 bits per heavy atom. The van der Waals surface area contributed by atoms with Crippen LogP contribution in [0, 0.1) is 34.5 Å². The van der Waals surface area contributed by atoms with Crippen LogP contribution in [0.3, 0.4) is 0 Å². The highest BCUT2D eigenvalue weighted by atomic mass is 16.5. The van der Waals surface area contributed by atoms with Gasteiger partial charge in [0, 0.05) is 11.8 Å². The predicted molar refractivity (Wildman–Crippen MR) is 75.8 cm³/mol. The molecule has 2 aliphatic carbocycles. The predicted octanol–water partition coefficient (Wildman–Crippen LogP) is 2.14. The van der Waals surface area contributed by atoms with Gasteiger partial charge in [-0.15, -0.1) is 0 Å². The number of benzene rings is 1. The first kappa shape index (κ1) is 14.3. The number of hydrogen-bond acceptors (Lipinski definition) is 5. The van der Waals surface area contributed by atoms with Gasteiger partial charge >= 0.3 is 0 Å². The lowest BCUT2D eigenvalue weighted by atomic mass is 10.0. The first-order chi connectivity index (χ1) is 10.6. The van der Waals surface area contributed by atoms with E-state index in [0.717, 1.165) is 25.7 Å². The van der Waals surface area contributed by atoms with Crippen molar-refractivity contribution >= 4 is 11.6 Å². The van der Waals surface area contributed by atoms with Gasteiger partial charge in [0.25, 0.3) is 0 Å². The zero-order valence-electron chi connectivity index (χ0n) is 11.9. The number of hydrogen-bond donors (Lipinski definition) is 0. The Bertz CT molecular complexity index is 662. The molecule has 0 bridgehead atoms. The molecule has 5 nitrogen and oxygen atoms in total. The number of rotatable bonds is 6. The zero-order valence-corrected chi connectivity index (χ0v) is 11.9. The van der Waals surface area contributed by atoms with Gasteiger partial charge in [0.05, 0.1) is 23.3 Å². The van der Waals surface area contributed by atoms with E-state index in [0.29, 0.717) is 0 Å². The van der Waals surface area contributed by atoms with Crippen LogP contribution in [0.2, 0.25) is 0 Å². The lowest BCUT2D eigenvalue weighted by Gasteiger charge is -2.17. The van der Waals surface area contributed by atoms with Crippen LogP contribution in [0.1, 0.15) is 36.8 Å². The maximum atomic E-state index is 12.3. The molecule has 5 heteroatoms. The highest BCUT2D eigenvalue weighted by molar-refractivity contribution is 6.08. The second-order valence-corrected chi connectivity index (χ2v) is 5.82. The van der Waals surface area contributed by atoms with Crippen molar-refractivity contribution in [3.63, 3.8) is 0 Å². The molecule has 0 N–H and O–H groups in total. The molecule has 2 aliphatic rings. The van der Waals surface area contributed by atoms with Gasteiger partial charge in [-0.25, -0.2) is 0 Å². The third kappa shape index (κ3) is 2.99. The van der Waals surface area contributed by atoms with Gasteiger partial charge < -0.3 is 4.74 Å². The molecule has 0 unspecified atom stereocenters. The van der Waals surface area contributed by atoms with E-state index >= 15 is 0 Å². The molecule has 0 radical (unpaired) electrons. The van der Waals surface area contributed by atoms with Crippen LogP contribution in [0.25, 0.3) is 0 Å². The van der Waals surface area contributed by atoms with E-state index < -0.39 is 6.10 Å². The van der Waals surface area contributed by atoms with E-state index in [-0.39, 0.29) is 40.3 Å². The van der Waals surface area contributed by atoms with Crippen molar-refractivity contribution in [1.82, 2.24) is 0 Å². The fraction of sp³-hybridized carbons (Fsp3) is 0.412. The molecular weight excluding hydrogens is 280 g/mol. The summed E-state index contributed by atoms with van der Waals surface area (Å²) in [5.74, 6) is -0.274. The fourth-order valence-corrected chi connectivity index (χ4v) is 2.35. The van der Waals surface area contributed by atoms with Gasteiger partial charge in [-0.3, -0.25) is 9.59 Å². The molecule has 22 heavy (non-hydrogen) atoms. The van der Waals surface area contributed by atoms with Crippen molar-refractivity contribution in [2.45, 2.75) is 31.8 Å². The summed E-state index contributed by atoms with van der Waals surface area (Å²) in [6, 6.07) is 8.23. The van der Waals surface area contributed by atoms with E-state index in [9.17, 15) is 9.59 Å². The van der Waals surface area contributed by atoms with Crippen LogP contribution < -0.4 is 4.74 Å². The second kappa shape index (κ2) is 5.61. The SMILES string of the molecule is N#Cc1cc(C#N)cc(OC(C(=O)C2CC2)C(=O)C2CC2)c1. The summed E-state index contributed by atoms with van der Waals surface area (Å²) >= 11 is 0. The Morgan fingerprint density at radius 2 is 1.41 bits per heavy atom. The van der Waals surface area contributed by atoms with E-state index in [4.69, 9.17) is 15.3 Å². The standard InChI is InChI=1S/C17H14N2O3/c18-8-10-5-11(9-19)7-14(6-10)22-17(15(20)12-1-2-12)16(21)13-3-4-13/h5-7,12-13,17H,1-4H2. The quantitative estimate of drug-likeness (QED) is 0.749. The monoisotopic (exact) mass is 294 g/mol. The largest absolute Gasteiger partial charge is 0.475 e. The minimum atomic E-state index is -1.10. The number of ketones is 2. The number of carbonyl (C=O) groups excluding carboxylic acids is 2. The van der Waals surface area contributed by atoms with E-state index in [1.807, 2.05) is 12.1 Å². The first-order valence-electron chi connectivity index (χ1n) is 7.32. The summed E-state index contributed by atoms with van der Waals surface area (Å²) in [4.78, 5) is 24.6. The fourth-order valence-electron chi connectivity index (χ4n) is 2.35. The van der Waals surface area contributed by atoms with Gasteiger partial charge in [-0.2, -0.15) is 10.5 Å². The molecule has 1 aromatic carbocycles. The van der Waals surface area contributed by atoms with Crippen molar-refractivity contribution in [2.75, 3.05) is 0 Å². The van der Waals surface area contributed by atoms with Gasteiger partial charge in [0.15, 0.2) is 11.6 Å². The Balaban J connectivity index is 1.86. The summed E-state index contributed by atoms with van der Waals surface area (Å²) < 4.78 is 5.62. The average molecular weight is 294 g/mol. The average Bonchev–Trinajstić information content (AvgIpc) is 3.42. The molecule has 0 amide bonds. The molecule has 1 aromatic rings. The van der Waals surface area contributed by atoms with Crippen molar-refractivity contribution < 1.29 is 14.3 Å². The summed E-state index contributed by atoms with van der Waals surface area (Å²) in [5, 5.41) is 18.0. The molecule has 2 saturated carbocycles. The van der Waals surface area contributed by atoms with Crippen molar-refractivity contribution in [1.29, 1.82) is 10.5 Å². The zero-order chi connectivity index (χ0) is 15.7. The topological polar surface area (TPSA) is 90.9 Å². The highest BCUT2D eigenvalue weighted by Crippen LogP contribution is 2.36. The van der Waals surface area contributed by atoms with E-state index in [1.165, 1.54) is 18.2 Å². The van der Waals surface area contributed by atoms with Crippen molar-refractivity contribution in [3.05, 3.63) is 29.3 Å². The van der Waals surface area contributed by atoms with Crippen LogP contribution in [0.15, 0.2) is 18.2 Å². The molecule has 2 fully saturated rings. The summed E-state index contributed by atoms with van der Waals surface area (Å²) in [7, 11) is 0. The van der Waals surface area contributed by atoms with Gasteiger partial charge in [0.1, 0.15) is 5.75 Å². The maximum Gasteiger partial charge on any atom is 0.215 e. The van der Waals surface area contributed by atoms with Crippen LogP contribution in [-0.2, 0) is 9.59 Å².